The van der Waals surface area contributed by atoms with Crippen molar-refractivity contribution in [2.45, 2.75) is 13.1 Å². The van der Waals surface area contributed by atoms with E-state index in [-0.39, 0.29) is 17.0 Å². The number of alkyl halides is 3. The lowest BCUT2D eigenvalue weighted by Crippen LogP contribution is -2.34. The first-order valence-electron chi connectivity index (χ1n) is 4.52. The van der Waals surface area contributed by atoms with Crippen molar-refractivity contribution in [3.8, 4) is 5.75 Å². The van der Waals surface area contributed by atoms with E-state index in [1.807, 2.05) is 0 Å². The molecule has 0 saturated heterocycles. The summed E-state index contributed by atoms with van der Waals surface area (Å²) in [6.07, 6.45) is -4.98. The van der Waals surface area contributed by atoms with Crippen LogP contribution in [0, 0.1) is 0 Å². The third-order valence-corrected chi connectivity index (χ3v) is 1.88. The average molecular weight is 246 g/mol. The Kier molecular flexibility index (Phi) is 3.72. The van der Waals surface area contributed by atoms with Gasteiger partial charge < -0.3 is 5.11 Å². The number of phenolic OH excluding ortho intramolecular Hbond substituents is 1. The van der Waals surface area contributed by atoms with Crippen LogP contribution in [0.1, 0.15) is 12.5 Å². The second-order valence-electron chi connectivity index (χ2n) is 3.15. The van der Waals surface area contributed by atoms with Gasteiger partial charge in [-0.3, -0.25) is 4.79 Å². The largest absolute Gasteiger partial charge is 0.507 e. The molecule has 0 unspecified atom stereocenters. The number of carbonyl (C=O) groups excluding carboxylic acids is 1. The second-order valence-corrected chi connectivity index (χ2v) is 3.15. The monoisotopic (exact) mass is 246 g/mol. The highest BCUT2D eigenvalue weighted by Crippen LogP contribution is 2.17. The number of para-hydroxylation sites is 1. The summed E-state index contributed by atoms with van der Waals surface area (Å²) in [5.74, 6) is -2.29. The molecule has 0 spiro atoms. The fourth-order valence-electron chi connectivity index (χ4n) is 1.04. The lowest BCUT2D eigenvalue weighted by molar-refractivity contribution is -0.173. The Morgan fingerprint density at radius 3 is 2.47 bits per heavy atom. The van der Waals surface area contributed by atoms with Gasteiger partial charge in [0, 0.05) is 5.56 Å². The number of hydrogen-bond donors (Lipinski definition) is 2. The predicted molar refractivity (Wildman–Crippen MR) is 54.5 cm³/mol. The molecule has 2 N–H and O–H groups in total. The Morgan fingerprint density at radius 2 is 1.94 bits per heavy atom. The van der Waals surface area contributed by atoms with Gasteiger partial charge in [0.25, 0.3) is 0 Å². The van der Waals surface area contributed by atoms with E-state index >= 15 is 0 Å². The summed E-state index contributed by atoms with van der Waals surface area (Å²) < 4.78 is 35.6. The van der Waals surface area contributed by atoms with E-state index in [0.717, 1.165) is 0 Å². The number of benzene rings is 1. The molecule has 0 saturated carbocycles. The third-order valence-electron chi connectivity index (χ3n) is 1.88. The maximum absolute atomic E-state index is 11.9. The van der Waals surface area contributed by atoms with Crippen LogP contribution in [0.2, 0.25) is 0 Å². The van der Waals surface area contributed by atoms with E-state index in [1.165, 1.54) is 24.5 Å². The van der Waals surface area contributed by atoms with Crippen LogP contribution < -0.4 is 5.43 Å². The summed E-state index contributed by atoms with van der Waals surface area (Å²) in [5, 5.41) is 12.6. The van der Waals surface area contributed by atoms with Gasteiger partial charge in [-0.1, -0.05) is 12.1 Å². The van der Waals surface area contributed by atoms with Crippen LogP contribution >= 0.6 is 0 Å². The van der Waals surface area contributed by atoms with Crippen molar-refractivity contribution in [1.82, 2.24) is 5.43 Å². The SMILES string of the molecule is C/C(=N\NC(=O)C(F)(F)F)c1ccccc1O. The van der Waals surface area contributed by atoms with Gasteiger partial charge in [0.2, 0.25) is 0 Å². The lowest BCUT2D eigenvalue weighted by atomic mass is 10.1. The first-order chi connectivity index (χ1) is 7.82. The maximum atomic E-state index is 11.9. The van der Waals surface area contributed by atoms with Crippen LogP contribution in [-0.2, 0) is 4.79 Å². The molecule has 0 aliphatic carbocycles. The molecule has 17 heavy (non-hydrogen) atoms. The highest BCUT2D eigenvalue weighted by molar-refractivity contribution is 6.01. The Balaban J connectivity index is 2.82. The molecule has 92 valence electrons. The van der Waals surface area contributed by atoms with Gasteiger partial charge in [0.05, 0.1) is 5.71 Å². The second kappa shape index (κ2) is 4.86. The molecule has 0 aromatic heterocycles. The zero-order valence-corrected chi connectivity index (χ0v) is 8.75. The van der Waals surface area contributed by atoms with Gasteiger partial charge in [-0.25, -0.2) is 5.43 Å². The minimum absolute atomic E-state index is 0.0701. The highest BCUT2D eigenvalue weighted by Gasteiger charge is 2.38. The van der Waals surface area contributed by atoms with E-state index in [2.05, 4.69) is 5.10 Å². The van der Waals surface area contributed by atoms with Gasteiger partial charge in [-0.2, -0.15) is 18.3 Å². The van der Waals surface area contributed by atoms with Gasteiger partial charge in [0.1, 0.15) is 5.75 Å². The number of aromatic hydroxyl groups is 1. The van der Waals surface area contributed by atoms with Crippen LogP contribution in [0.3, 0.4) is 0 Å². The number of phenols is 1. The smallest absolute Gasteiger partial charge is 0.473 e. The van der Waals surface area contributed by atoms with Crippen molar-refractivity contribution < 1.29 is 23.1 Å². The van der Waals surface area contributed by atoms with Crippen molar-refractivity contribution in [3.05, 3.63) is 29.8 Å². The summed E-state index contributed by atoms with van der Waals surface area (Å²) in [7, 11) is 0. The Morgan fingerprint density at radius 1 is 1.35 bits per heavy atom. The molecule has 1 aromatic rings. The molecule has 0 heterocycles. The average Bonchev–Trinajstić information content (AvgIpc) is 2.24. The van der Waals surface area contributed by atoms with Crippen LogP contribution in [0.15, 0.2) is 29.4 Å². The number of nitrogens with zero attached hydrogens (tertiary/aromatic N) is 1. The lowest BCUT2D eigenvalue weighted by Gasteiger charge is -2.06. The number of halogens is 3. The van der Waals surface area contributed by atoms with Crippen molar-refractivity contribution >= 4 is 11.6 Å². The Labute approximate surface area is 94.8 Å². The summed E-state index contributed by atoms with van der Waals surface area (Å²) in [5.41, 5.74) is 1.68. The fourth-order valence-corrected chi connectivity index (χ4v) is 1.04. The number of carbonyl (C=O) groups is 1. The third kappa shape index (κ3) is 3.47. The van der Waals surface area contributed by atoms with E-state index in [4.69, 9.17) is 0 Å². The molecular weight excluding hydrogens is 237 g/mol. The molecule has 0 radical (unpaired) electrons. The topological polar surface area (TPSA) is 61.7 Å². The normalized spacial score (nSPS) is 12.4. The van der Waals surface area contributed by atoms with Crippen molar-refractivity contribution in [2.24, 2.45) is 5.10 Å². The summed E-state index contributed by atoms with van der Waals surface area (Å²) in [4.78, 5) is 10.5. The van der Waals surface area contributed by atoms with E-state index < -0.39 is 12.1 Å². The van der Waals surface area contributed by atoms with Gasteiger partial charge >= 0.3 is 12.1 Å². The van der Waals surface area contributed by atoms with Gasteiger partial charge in [0.15, 0.2) is 0 Å². The van der Waals surface area contributed by atoms with E-state index in [0.29, 0.717) is 0 Å². The maximum Gasteiger partial charge on any atom is 0.473 e. The van der Waals surface area contributed by atoms with Crippen LogP contribution in [0.5, 0.6) is 5.75 Å². The van der Waals surface area contributed by atoms with Crippen molar-refractivity contribution in [2.75, 3.05) is 0 Å². The fraction of sp³-hybridized carbons (Fsp3) is 0.200. The van der Waals surface area contributed by atoms with E-state index in [1.54, 1.807) is 12.1 Å². The summed E-state index contributed by atoms with van der Waals surface area (Å²) >= 11 is 0. The molecule has 0 bridgehead atoms. The molecule has 1 amide bonds. The first-order valence-corrected chi connectivity index (χ1v) is 4.52. The Hall–Kier alpha value is -2.05. The Bertz CT molecular complexity index is 455. The quantitative estimate of drug-likeness (QED) is 0.617. The van der Waals surface area contributed by atoms with E-state index in [9.17, 15) is 23.1 Å². The molecule has 0 fully saturated rings. The van der Waals surface area contributed by atoms with Crippen molar-refractivity contribution in [3.63, 3.8) is 0 Å². The highest BCUT2D eigenvalue weighted by atomic mass is 19.4. The predicted octanol–water partition coefficient (Wildman–Crippen LogP) is 1.79. The van der Waals surface area contributed by atoms with Gasteiger partial charge in [-0.05, 0) is 19.1 Å². The number of nitrogens with one attached hydrogen (secondary N) is 1. The van der Waals surface area contributed by atoms with Crippen molar-refractivity contribution in [1.29, 1.82) is 0 Å². The van der Waals surface area contributed by atoms with Crippen LogP contribution in [0.25, 0.3) is 0 Å². The molecule has 0 atom stereocenters. The molecule has 1 rings (SSSR count). The molecule has 0 aliphatic heterocycles. The summed E-state index contributed by atoms with van der Waals surface area (Å²) in [6, 6.07) is 5.97. The molecule has 1 aromatic carbocycles. The number of rotatable bonds is 2. The zero-order valence-electron chi connectivity index (χ0n) is 8.75. The molecule has 4 nitrogen and oxygen atoms in total. The number of amides is 1. The molecular formula is C10H9F3N2O2. The molecule has 7 heteroatoms. The van der Waals surface area contributed by atoms with Crippen LogP contribution in [-0.4, -0.2) is 22.9 Å². The van der Waals surface area contributed by atoms with Gasteiger partial charge in [-0.15, -0.1) is 0 Å². The zero-order chi connectivity index (χ0) is 13.1. The number of hydrogen-bond acceptors (Lipinski definition) is 3. The minimum Gasteiger partial charge on any atom is -0.507 e. The standard InChI is InChI=1S/C10H9F3N2O2/c1-6(7-4-2-3-5-8(7)16)14-15-9(17)10(11,12)13/h2-5,16H,1H3,(H,15,17)/b14-6+. The first kappa shape index (κ1) is 13.0. The number of hydrazone groups is 1. The summed E-state index contributed by atoms with van der Waals surface area (Å²) in [6.45, 7) is 1.37. The van der Waals surface area contributed by atoms with Crippen LogP contribution in [0.4, 0.5) is 13.2 Å². The molecule has 0 aliphatic rings. The minimum atomic E-state index is -4.98.